The van der Waals surface area contributed by atoms with Gasteiger partial charge >= 0.3 is 0 Å². The van der Waals surface area contributed by atoms with Gasteiger partial charge in [0, 0.05) is 12.0 Å². The van der Waals surface area contributed by atoms with Crippen LogP contribution in [-0.4, -0.2) is 16.9 Å². The van der Waals surface area contributed by atoms with Crippen molar-refractivity contribution in [2.24, 2.45) is 11.7 Å². The number of hydrogen-bond acceptors (Lipinski definition) is 4. The first-order valence-electron chi connectivity index (χ1n) is 7.10. The molecule has 1 aliphatic rings. The van der Waals surface area contributed by atoms with Gasteiger partial charge in [-0.1, -0.05) is 12.1 Å². The Bertz CT molecular complexity index is 569. The molecular formula is C15H19N3OS. The summed E-state index contributed by atoms with van der Waals surface area (Å²) >= 11 is 1.64. The predicted octanol–water partition coefficient (Wildman–Crippen LogP) is 2.43. The molecule has 1 aliphatic carbocycles. The maximum Gasteiger partial charge on any atom is 0.223 e. The normalized spacial score (nSPS) is 22.9. The highest BCUT2D eigenvalue weighted by Crippen LogP contribution is 2.24. The number of carbonyl (C=O) groups is 1. The van der Waals surface area contributed by atoms with Crippen LogP contribution in [0.15, 0.2) is 24.3 Å². The lowest BCUT2D eigenvalue weighted by molar-refractivity contribution is -0.126. The van der Waals surface area contributed by atoms with Crippen molar-refractivity contribution in [3.8, 4) is 0 Å². The monoisotopic (exact) mass is 289 g/mol. The van der Waals surface area contributed by atoms with Crippen molar-refractivity contribution < 1.29 is 4.79 Å². The van der Waals surface area contributed by atoms with Crippen LogP contribution in [0.25, 0.3) is 10.2 Å². The highest BCUT2D eigenvalue weighted by Gasteiger charge is 2.24. The molecule has 0 bridgehead atoms. The fourth-order valence-electron chi connectivity index (χ4n) is 2.68. The van der Waals surface area contributed by atoms with Gasteiger partial charge in [-0.15, -0.1) is 11.3 Å². The van der Waals surface area contributed by atoms with Gasteiger partial charge in [-0.3, -0.25) is 4.79 Å². The number of para-hydroxylation sites is 1. The number of aromatic nitrogens is 1. The molecule has 1 aromatic carbocycles. The number of nitrogens with zero attached hydrogens (tertiary/aromatic N) is 1. The number of hydrogen-bond donors (Lipinski definition) is 2. The number of amides is 1. The molecule has 106 valence electrons. The van der Waals surface area contributed by atoms with E-state index in [2.05, 4.69) is 16.4 Å². The number of carbonyl (C=O) groups excluding carboxylic acids is 1. The number of fused-ring (bicyclic) bond motifs is 1. The van der Waals surface area contributed by atoms with E-state index in [0.29, 0.717) is 6.54 Å². The second kappa shape index (κ2) is 5.89. The van der Waals surface area contributed by atoms with Crippen LogP contribution in [0.5, 0.6) is 0 Å². The SMILES string of the molecule is NC1CCC(C(=O)NCc2nc3ccccc3s2)CC1. The molecule has 4 nitrogen and oxygen atoms in total. The minimum absolute atomic E-state index is 0.129. The molecule has 0 atom stereocenters. The number of nitrogens with two attached hydrogens (primary N) is 1. The molecule has 0 spiro atoms. The largest absolute Gasteiger partial charge is 0.349 e. The summed E-state index contributed by atoms with van der Waals surface area (Å²) in [4.78, 5) is 16.6. The lowest BCUT2D eigenvalue weighted by atomic mass is 9.86. The second-order valence-electron chi connectivity index (χ2n) is 5.40. The van der Waals surface area contributed by atoms with Crippen molar-refractivity contribution in [1.29, 1.82) is 0 Å². The minimum Gasteiger partial charge on any atom is -0.349 e. The molecule has 3 rings (SSSR count). The third-order valence-electron chi connectivity index (χ3n) is 3.89. The summed E-state index contributed by atoms with van der Waals surface area (Å²) in [7, 11) is 0. The second-order valence-corrected chi connectivity index (χ2v) is 6.52. The zero-order valence-electron chi connectivity index (χ0n) is 11.3. The third-order valence-corrected chi connectivity index (χ3v) is 4.93. The molecule has 1 fully saturated rings. The number of nitrogens with one attached hydrogen (secondary N) is 1. The van der Waals surface area contributed by atoms with E-state index in [0.717, 1.165) is 36.2 Å². The Labute approximate surface area is 122 Å². The van der Waals surface area contributed by atoms with E-state index in [1.165, 1.54) is 4.70 Å². The molecule has 5 heteroatoms. The summed E-state index contributed by atoms with van der Waals surface area (Å²) in [6.45, 7) is 0.529. The molecule has 1 amide bonds. The molecule has 1 saturated carbocycles. The van der Waals surface area contributed by atoms with E-state index in [1.807, 2.05) is 18.2 Å². The Hall–Kier alpha value is -1.46. The van der Waals surface area contributed by atoms with Crippen LogP contribution in [0.3, 0.4) is 0 Å². The molecular weight excluding hydrogens is 270 g/mol. The first-order chi connectivity index (χ1) is 9.72. The van der Waals surface area contributed by atoms with Gasteiger partial charge in [-0.2, -0.15) is 0 Å². The maximum absolute atomic E-state index is 12.1. The smallest absolute Gasteiger partial charge is 0.223 e. The van der Waals surface area contributed by atoms with Crippen LogP contribution in [0, 0.1) is 5.92 Å². The molecule has 20 heavy (non-hydrogen) atoms. The van der Waals surface area contributed by atoms with Gasteiger partial charge in [0.1, 0.15) is 5.01 Å². The maximum atomic E-state index is 12.1. The standard InChI is InChI=1S/C15H19N3OS/c16-11-7-5-10(6-8-11)15(19)17-9-14-18-12-3-1-2-4-13(12)20-14/h1-4,10-11H,5-9,16H2,(H,17,19). The quantitative estimate of drug-likeness (QED) is 0.912. The summed E-state index contributed by atoms with van der Waals surface area (Å²) in [5.41, 5.74) is 6.87. The molecule has 0 radical (unpaired) electrons. The van der Waals surface area contributed by atoms with E-state index < -0.39 is 0 Å². The zero-order chi connectivity index (χ0) is 13.9. The van der Waals surface area contributed by atoms with E-state index >= 15 is 0 Å². The van der Waals surface area contributed by atoms with E-state index in [1.54, 1.807) is 11.3 Å². The Kier molecular flexibility index (Phi) is 3.98. The Morgan fingerprint density at radius 2 is 2.05 bits per heavy atom. The van der Waals surface area contributed by atoms with Gasteiger partial charge in [-0.25, -0.2) is 4.98 Å². The van der Waals surface area contributed by atoms with Gasteiger partial charge in [-0.05, 0) is 37.8 Å². The lowest BCUT2D eigenvalue weighted by Gasteiger charge is -2.24. The molecule has 1 heterocycles. The van der Waals surface area contributed by atoms with Crippen LogP contribution >= 0.6 is 11.3 Å². The summed E-state index contributed by atoms with van der Waals surface area (Å²) in [6.07, 6.45) is 3.73. The highest BCUT2D eigenvalue weighted by molar-refractivity contribution is 7.18. The van der Waals surface area contributed by atoms with Crippen molar-refractivity contribution in [1.82, 2.24) is 10.3 Å². The van der Waals surface area contributed by atoms with Crippen LogP contribution in [0.4, 0.5) is 0 Å². The first-order valence-corrected chi connectivity index (χ1v) is 7.92. The fourth-order valence-corrected chi connectivity index (χ4v) is 3.59. The molecule has 0 unspecified atom stereocenters. The average molecular weight is 289 g/mol. The Morgan fingerprint density at radius 3 is 2.80 bits per heavy atom. The molecule has 3 N–H and O–H groups in total. The van der Waals surface area contributed by atoms with Crippen molar-refractivity contribution in [2.75, 3.05) is 0 Å². The molecule has 0 saturated heterocycles. The third kappa shape index (κ3) is 2.99. The minimum atomic E-state index is 0.129. The fraction of sp³-hybridized carbons (Fsp3) is 0.467. The van der Waals surface area contributed by atoms with Crippen LogP contribution in [0.2, 0.25) is 0 Å². The molecule has 0 aliphatic heterocycles. The van der Waals surface area contributed by atoms with Gasteiger partial charge < -0.3 is 11.1 Å². The van der Waals surface area contributed by atoms with Crippen LogP contribution in [0.1, 0.15) is 30.7 Å². The van der Waals surface area contributed by atoms with E-state index in [4.69, 9.17) is 5.73 Å². The van der Waals surface area contributed by atoms with Gasteiger partial charge in [0.2, 0.25) is 5.91 Å². The zero-order valence-corrected chi connectivity index (χ0v) is 12.2. The topological polar surface area (TPSA) is 68.0 Å². The van der Waals surface area contributed by atoms with Gasteiger partial charge in [0.15, 0.2) is 0 Å². The van der Waals surface area contributed by atoms with E-state index in [-0.39, 0.29) is 17.9 Å². The number of thiazole rings is 1. The summed E-state index contributed by atoms with van der Waals surface area (Å²) in [6, 6.07) is 8.33. The number of rotatable bonds is 3. The Morgan fingerprint density at radius 1 is 1.30 bits per heavy atom. The van der Waals surface area contributed by atoms with Crippen LogP contribution < -0.4 is 11.1 Å². The van der Waals surface area contributed by atoms with Crippen molar-refractivity contribution in [3.05, 3.63) is 29.3 Å². The van der Waals surface area contributed by atoms with Gasteiger partial charge in [0.05, 0.1) is 16.8 Å². The summed E-state index contributed by atoms with van der Waals surface area (Å²) < 4.78 is 1.17. The molecule has 1 aromatic heterocycles. The van der Waals surface area contributed by atoms with Crippen molar-refractivity contribution >= 4 is 27.5 Å². The average Bonchev–Trinajstić information content (AvgIpc) is 2.88. The van der Waals surface area contributed by atoms with Crippen molar-refractivity contribution in [3.63, 3.8) is 0 Å². The summed E-state index contributed by atoms with van der Waals surface area (Å²) in [5, 5.41) is 3.98. The van der Waals surface area contributed by atoms with Crippen LogP contribution in [-0.2, 0) is 11.3 Å². The van der Waals surface area contributed by atoms with E-state index in [9.17, 15) is 4.79 Å². The van der Waals surface area contributed by atoms with Crippen molar-refractivity contribution in [2.45, 2.75) is 38.3 Å². The Balaban J connectivity index is 1.57. The number of benzene rings is 1. The first kappa shape index (κ1) is 13.5. The summed E-state index contributed by atoms with van der Waals surface area (Å²) in [5.74, 6) is 0.278. The predicted molar refractivity (Wildman–Crippen MR) is 81.4 cm³/mol. The molecule has 2 aromatic rings. The highest BCUT2D eigenvalue weighted by atomic mass is 32.1. The van der Waals surface area contributed by atoms with Gasteiger partial charge in [0.25, 0.3) is 0 Å². The lowest BCUT2D eigenvalue weighted by Crippen LogP contribution is -2.35.